The lowest BCUT2D eigenvalue weighted by molar-refractivity contribution is 0.101. The van der Waals surface area contributed by atoms with E-state index in [4.69, 9.17) is 4.74 Å². The molecule has 1 heterocycles. The second-order valence-corrected chi connectivity index (χ2v) is 5.42. The molecule has 1 aliphatic heterocycles. The Bertz CT molecular complexity index is 414. The summed E-state index contributed by atoms with van der Waals surface area (Å²) in [7, 11) is 0. The van der Waals surface area contributed by atoms with Crippen molar-refractivity contribution in [3.05, 3.63) is 23.8 Å². The molecular weight excluding hydrogens is 208 g/mol. The second kappa shape index (κ2) is 3.56. The summed E-state index contributed by atoms with van der Waals surface area (Å²) >= 11 is 1.70. The monoisotopic (exact) mass is 222 g/mol. The van der Waals surface area contributed by atoms with Gasteiger partial charge in [0.15, 0.2) is 10.7 Å². The molecule has 1 unspecified atom stereocenters. The van der Waals surface area contributed by atoms with Gasteiger partial charge >= 0.3 is 0 Å². The van der Waals surface area contributed by atoms with Crippen LogP contribution in [0.25, 0.3) is 0 Å². The van der Waals surface area contributed by atoms with Gasteiger partial charge in [-0.05, 0) is 38.5 Å². The third-order valence-corrected chi connectivity index (χ3v) is 3.99. The maximum Gasteiger partial charge on any atom is 0.159 e. The minimum absolute atomic E-state index is 0.100. The van der Waals surface area contributed by atoms with Crippen molar-refractivity contribution in [3.63, 3.8) is 0 Å². The van der Waals surface area contributed by atoms with Crippen molar-refractivity contribution in [1.29, 1.82) is 0 Å². The molecule has 3 heteroatoms. The number of benzene rings is 1. The molecule has 80 valence electrons. The average molecular weight is 222 g/mol. The molecule has 0 spiro atoms. The zero-order chi connectivity index (χ0) is 11.1. The van der Waals surface area contributed by atoms with Crippen molar-refractivity contribution >= 4 is 17.5 Å². The minimum Gasteiger partial charge on any atom is -0.475 e. The first-order valence-corrected chi connectivity index (χ1v) is 5.89. The SMILES string of the molecule is CCC1(C)Oc2ccc(C(C)=O)cc2S1. The van der Waals surface area contributed by atoms with E-state index in [2.05, 4.69) is 13.8 Å². The fourth-order valence-corrected chi connectivity index (χ4v) is 2.66. The molecule has 0 saturated carbocycles. The molecule has 0 saturated heterocycles. The Morgan fingerprint density at radius 1 is 1.53 bits per heavy atom. The highest BCUT2D eigenvalue weighted by Crippen LogP contribution is 2.48. The first-order valence-electron chi connectivity index (χ1n) is 5.07. The summed E-state index contributed by atoms with van der Waals surface area (Å²) in [5.74, 6) is 0.998. The summed E-state index contributed by atoms with van der Waals surface area (Å²) in [6.07, 6.45) is 0.946. The highest BCUT2D eigenvalue weighted by molar-refractivity contribution is 8.00. The molecule has 0 N–H and O–H groups in total. The summed E-state index contributed by atoms with van der Waals surface area (Å²) in [6, 6.07) is 5.63. The maximum absolute atomic E-state index is 11.2. The standard InChI is InChI=1S/C12H14O2S/c1-4-12(3)14-10-6-5-9(8(2)13)7-11(10)15-12/h5-7H,4H2,1-3H3. The molecule has 15 heavy (non-hydrogen) atoms. The van der Waals surface area contributed by atoms with Crippen molar-refractivity contribution in [2.24, 2.45) is 0 Å². The Morgan fingerprint density at radius 2 is 2.27 bits per heavy atom. The number of ether oxygens (including phenoxy) is 1. The summed E-state index contributed by atoms with van der Waals surface area (Å²) in [6.45, 7) is 5.76. The van der Waals surface area contributed by atoms with Crippen LogP contribution in [0.15, 0.2) is 23.1 Å². The molecule has 1 aromatic rings. The summed E-state index contributed by atoms with van der Waals surface area (Å²) in [5, 5.41) is 0. The van der Waals surface area contributed by atoms with Gasteiger partial charge in [-0.15, -0.1) is 0 Å². The van der Waals surface area contributed by atoms with E-state index in [-0.39, 0.29) is 10.7 Å². The van der Waals surface area contributed by atoms with E-state index in [0.717, 1.165) is 22.6 Å². The predicted octanol–water partition coefficient (Wildman–Crippen LogP) is 3.50. The number of hydrogen-bond donors (Lipinski definition) is 0. The van der Waals surface area contributed by atoms with Crippen LogP contribution in [0.5, 0.6) is 5.75 Å². The summed E-state index contributed by atoms with van der Waals surface area (Å²) < 4.78 is 5.83. The van der Waals surface area contributed by atoms with Gasteiger partial charge in [0.25, 0.3) is 0 Å². The number of ketones is 1. The molecule has 0 aromatic heterocycles. The van der Waals surface area contributed by atoms with Crippen LogP contribution in [0.3, 0.4) is 0 Å². The number of carbonyl (C=O) groups is 1. The first-order chi connectivity index (χ1) is 7.04. The molecule has 1 aliphatic rings. The van der Waals surface area contributed by atoms with Gasteiger partial charge in [-0.25, -0.2) is 0 Å². The molecule has 2 rings (SSSR count). The quantitative estimate of drug-likeness (QED) is 0.716. The van der Waals surface area contributed by atoms with Crippen LogP contribution in [0.2, 0.25) is 0 Å². The minimum atomic E-state index is -0.169. The number of hydrogen-bond acceptors (Lipinski definition) is 3. The van der Waals surface area contributed by atoms with Crippen LogP contribution in [-0.2, 0) is 0 Å². The van der Waals surface area contributed by atoms with E-state index in [9.17, 15) is 4.79 Å². The Morgan fingerprint density at radius 3 is 2.87 bits per heavy atom. The molecule has 0 radical (unpaired) electrons. The van der Waals surface area contributed by atoms with Gasteiger partial charge in [-0.2, -0.15) is 0 Å². The average Bonchev–Trinajstić information content (AvgIpc) is 2.53. The van der Waals surface area contributed by atoms with E-state index < -0.39 is 0 Å². The molecule has 1 aromatic carbocycles. The number of carbonyl (C=O) groups excluding carboxylic acids is 1. The Kier molecular flexibility index (Phi) is 2.51. The normalized spacial score (nSPS) is 23.4. The number of rotatable bonds is 2. The largest absolute Gasteiger partial charge is 0.475 e. The van der Waals surface area contributed by atoms with Crippen LogP contribution in [-0.4, -0.2) is 10.7 Å². The zero-order valence-corrected chi connectivity index (χ0v) is 9.98. The van der Waals surface area contributed by atoms with Crippen LogP contribution >= 0.6 is 11.8 Å². The van der Waals surface area contributed by atoms with E-state index in [0.29, 0.717) is 0 Å². The molecule has 0 amide bonds. The van der Waals surface area contributed by atoms with Gasteiger partial charge in [0.05, 0.1) is 4.90 Å². The molecular formula is C12H14O2S. The van der Waals surface area contributed by atoms with Gasteiger partial charge in [0, 0.05) is 5.56 Å². The van der Waals surface area contributed by atoms with Crippen molar-refractivity contribution in [2.45, 2.75) is 37.0 Å². The van der Waals surface area contributed by atoms with E-state index in [1.165, 1.54) is 0 Å². The fraction of sp³-hybridized carbons (Fsp3) is 0.417. The summed E-state index contributed by atoms with van der Waals surface area (Å²) in [5.41, 5.74) is 0.755. The smallest absolute Gasteiger partial charge is 0.159 e. The predicted molar refractivity (Wildman–Crippen MR) is 61.6 cm³/mol. The molecule has 0 fully saturated rings. The van der Waals surface area contributed by atoms with E-state index in [1.807, 2.05) is 18.2 Å². The summed E-state index contributed by atoms with van der Waals surface area (Å²) in [4.78, 5) is 12.1. The van der Waals surface area contributed by atoms with Gasteiger partial charge < -0.3 is 4.74 Å². The zero-order valence-electron chi connectivity index (χ0n) is 9.16. The molecule has 2 nitrogen and oxygen atoms in total. The Hall–Kier alpha value is -0.960. The Balaban J connectivity index is 2.35. The number of fused-ring (bicyclic) bond motifs is 1. The highest BCUT2D eigenvalue weighted by atomic mass is 32.2. The van der Waals surface area contributed by atoms with Crippen molar-refractivity contribution in [2.75, 3.05) is 0 Å². The van der Waals surface area contributed by atoms with Gasteiger partial charge in [0.2, 0.25) is 0 Å². The van der Waals surface area contributed by atoms with Crippen LogP contribution in [0.1, 0.15) is 37.6 Å². The number of Topliss-reactive ketones (excluding diaryl/α,β-unsaturated/α-hetero) is 1. The number of thioether (sulfide) groups is 1. The van der Waals surface area contributed by atoms with E-state index in [1.54, 1.807) is 18.7 Å². The van der Waals surface area contributed by atoms with Crippen LogP contribution < -0.4 is 4.74 Å². The molecule has 1 atom stereocenters. The first kappa shape index (κ1) is 10.6. The lowest BCUT2D eigenvalue weighted by Crippen LogP contribution is -2.22. The van der Waals surface area contributed by atoms with Crippen LogP contribution in [0.4, 0.5) is 0 Å². The highest BCUT2D eigenvalue weighted by Gasteiger charge is 2.34. The topological polar surface area (TPSA) is 26.3 Å². The maximum atomic E-state index is 11.2. The van der Waals surface area contributed by atoms with Crippen molar-refractivity contribution in [3.8, 4) is 5.75 Å². The molecule has 0 aliphatic carbocycles. The lowest BCUT2D eigenvalue weighted by atomic mass is 10.1. The second-order valence-electron chi connectivity index (χ2n) is 3.91. The van der Waals surface area contributed by atoms with Crippen molar-refractivity contribution in [1.82, 2.24) is 0 Å². The fourth-order valence-electron chi connectivity index (χ4n) is 1.52. The molecule has 0 bridgehead atoms. The van der Waals surface area contributed by atoms with Gasteiger partial charge in [0.1, 0.15) is 5.75 Å². The van der Waals surface area contributed by atoms with Crippen molar-refractivity contribution < 1.29 is 9.53 Å². The third-order valence-electron chi connectivity index (χ3n) is 2.64. The third kappa shape index (κ3) is 1.88. The van der Waals surface area contributed by atoms with E-state index >= 15 is 0 Å². The lowest BCUT2D eigenvalue weighted by Gasteiger charge is -2.19. The van der Waals surface area contributed by atoms with Gasteiger partial charge in [-0.3, -0.25) is 4.79 Å². The van der Waals surface area contributed by atoms with Gasteiger partial charge in [-0.1, -0.05) is 18.7 Å². The van der Waals surface area contributed by atoms with Crippen LogP contribution in [0, 0.1) is 0 Å². The Labute approximate surface area is 94.0 Å².